The molecule has 0 saturated heterocycles. The number of hydrogen-bond donors (Lipinski definition) is 3. The molecule has 9 heterocycles. The zero-order valence-electron chi connectivity index (χ0n) is 70.0. The summed E-state index contributed by atoms with van der Waals surface area (Å²) in [4.78, 5) is 43.2. The molecule has 3 N–H and O–H groups in total. The van der Waals surface area contributed by atoms with E-state index < -0.39 is 0 Å². The zero-order chi connectivity index (χ0) is 81.4. The Bertz CT molecular complexity index is 3970. The predicted molar refractivity (Wildman–Crippen MR) is 497 cm³/mol. The molecule has 13 aromatic rings. The molecule has 0 fully saturated rings. The Morgan fingerprint density at radius 3 is 1.30 bits per heavy atom. The fraction of sp³-hybridized carbons (Fsp3) is 0.417. The van der Waals surface area contributed by atoms with Gasteiger partial charge in [-0.05, 0) is 156 Å². The van der Waals surface area contributed by atoms with Crippen molar-refractivity contribution < 1.29 is 22.9 Å². The average molecular weight is 1570 g/mol. The molecule has 0 aliphatic carbocycles. The Kier molecular flexibility index (Phi) is 66.7. The first kappa shape index (κ1) is 111. The predicted octanol–water partition coefficient (Wildman–Crippen LogP) is 29.4. The molecule has 14 nitrogen and oxygen atoms in total. The molecule has 15 rings (SSSR count). The number of furan rings is 1. The summed E-state index contributed by atoms with van der Waals surface area (Å²) in [5.74, 6) is 6.07. The number of fused-ring (bicyclic) bond motifs is 6. The van der Waals surface area contributed by atoms with Crippen LogP contribution in [0.15, 0.2) is 260 Å². The van der Waals surface area contributed by atoms with E-state index in [9.17, 15) is 14.4 Å². The summed E-state index contributed by atoms with van der Waals surface area (Å²) in [6, 6.07) is 58.4. The molecule has 2 aliphatic rings. The highest BCUT2D eigenvalue weighted by Crippen LogP contribution is 2.24. The largest absolute Gasteiger partial charge is 0.464 e. The number of nitrogens with zero attached hydrogens (tertiary/aromatic N) is 5. The maximum atomic E-state index is 11.8. The molecule has 16 heteroatoms. The molecule has 7 aromatic heterocycles. The molecule has 0 saturated carbocycles. The van der Waals surface area contributed by atoms with Crippen LogP contribution in [0.5, 0.6) is 0 Å². The summed E-state index contributed by atoms with van der Waals surface area (Å²) in [7, 11) is 2.06. The van der Waals surface area contributed by atoms with Crippen LogP contribution in [-0.4, -0.2) is 55.2 Å². The Morgan fingerprint density at radius 2 is 0.893 bits per heavy atom. The monoisotopic (exact) mass is 1570 g/mol. The van der Waals surface area contributed by atoms with Crippen molar-refractivity contribution in [3.05, 3.63) is 263 Å². The minimum atomic E-state index is -0.180. The lowest BCUT2D eigenvalue weighted by atomic mass is 10.1. The quantitative estimate of drug-likeness (QED) is 0.141. The van der Waals surface area contributed by atoms with E-state index in [2.05, 4.69) is 297 Å². The smallest absolute Gasteiger partial charge is 0.261 e. The van der Waals surface area contributed by atoms with Crippen LogP contribution in [0.4, 0.5) is 0 Å². The normalized spacial score (nSPS) is 10.5. The molecule has 0 spiro atoms. The van der Waals surface area contributed by atoms with Crippen LogP contribution in [0, 0.1) is 41.4 Å². The summed E-state index contributed by atoms with van der Waals surface area (Å²) in [6.45, 7) is 54.3. The van der Waals surface area contributed by atoms with Gasteiger partial charge in [0, 0.05) is 76.4 Å². The van der Waals surface area contributed by atoms with E-state index >= 15 is 0 Å². The highest BCUT2D eigenvalue weighted by atomic mass is 32.1. The minimum absolute atomic E-state index is 0. The molecule has 0 atom stereocenters. The van der Waals surface area contributed by atoms with E-state index in [0.717, 1.165) is 58.9 Å². The zero-order valence-corrected chi connectivity index (χ0v) is 71.6. The van der Waals surface area contributed by atoms with Crippen LogP contribution in [0.3, 0.4) is 0 Å². The number of para-hydroxylation sites is 4. The number of H-pyrrole nitrogens is 1. The number of thiazole rings is 1. The maximum Gasteiger partial charge on any atom is 0.261 e. The van der Waals surface area contributed by atoms with E-state index in [1.165, 1.54) is 60.4 Å². The Labute approximate surface area is 686 Å². The van der Waals surface area contributed by atoms with Crippen LogP contribution < -0.4 is 16.4 Å². The highest BCUT2D eigenvalue weighted by Gasteiger charge is 2.36. The number of thiophene rings is 1. The number of nitrogens with one attached hydrogen (secondary N) is 3. The Balaban J connectivity index is -0.000000369. The van der Waals surface area contributed by atoms with Crippen LogP contribution in [0.1, 0.15) is 234 Å². The number of hydrogen-bond acceptors (Lipinski definition) is 13. The first-order valence-corrected chi connectivity index (χ1v) is 39.5. The van der Waals surface area contributed by atoms with Crippen LogP contribution in [-0.2, 0) is 7.05 Å². The van der Waals surface area contributed by atoms with Crippen molar-refractivity contribution in [1.82, 2.24) is 35.6 Å². The summed E-state index contributed by atoms with van der Waals surface area (Å²) >= 11 is 3.51. The third-order valence-electron chi connectivity index (χ3n) is 11.6. The lowest BCUT2D eigenvalue weighted by Gasteiger charge is -2.17. The Morgan fingerprint density at radius 1 is 0.429 bits per heavy atom. The van der Waals surface area contributed by atoms with Crippen molar-refractivity contribution >= 4 is 94.5 Å². The van der Waals surface area contributed by atoms with Gasteiger partial charge in [0.25, 0.3) is 11.8 Å². The van der Waals surface area contributed by atoms with Crippen LogP contribution in [0.25, 0.3) is 53.8 Å². The fourth-order valence-electron chi connectivity index (χ4n) is 7.66. The van der Waals surface area contributed by atoms with Crippen molar-refractivity contribution in [3.63, 3.8) is 0 Å². The van der Waals surface area contributed by atoms with E-state index in [1.807, 2.05) is 86.2 Å². The van der Waals surface area contributed by atoms with Gasteiger partial charge in [-0.15, -0.1) is 22.7 Å². The van der Waals surface area contributed by atoms with Gasteiger partial charge in [0.05, 0.1) is 46.8 Å². The van der Waals surface area contributed by atoms with Gasteiger partial charge in [0.15, 0.2) is 5.43 Å². The van der Waals surface area contributed by atoms with Crippen molar-refractivity contribution in [2.24, 2.45) is 53.6 Å². The second-order valence-corrected chi connectivity index (χ2v) is 31.9. The molecule has 0 radical (unpaired) electrons. The van der Waals surface area contributed by atoms with Gasteiger partial charge in [0.1, 0.15) is 17.4 Å². The number of imide groups is 1. The van der Waals surface area contributed by atoms with Crippen LogP contribution in [0.2, 0.25) is 0 Å². The van der Waals surface area contributed by atoms with Gasteiger partial charge in [-0.3, -0.25) is 19.3 Å². The van der Waals surface area contributed by atoms with Crippen molar-refractivity contribution in [3.8, 4) is 0 Å². The van der Waals surface area contributed by atoms with Gasteiger partial charge < -0.3 is 22.9 Å². The summed E-state index contributed by atoms with van der Waals surface area (Å²) in [6.07, 6.45) is 13.8. The molecule has 0 unspecified atom stereocenters. The second-order valence-electron chi connectivity index (χ2n) is 30.0. The summed E-state index contributed by atoms with van der Waals surface area (Å²) in [5.41, 5.74) is 10.4. The number of aromatic nitrogens is 4. The standard InChI is InChI=1S/C11H11NO2.C9H9N.C9H6O2.C8H7N.C8H6O.C8H6S.C6H9NS.7C4H10.C3H3NO.C2H5N3.4CH4/c1-7(2)12-10(13)8-5-3-4-6-9(8)11(12)14;1-10-7-6-8-4-2-3-5-9(8)10;10-8-5-6-11-9-4-2-1-3-7(8)9;3*1-2-4-8-7(3-1)5-6-9-8;1-5(2)6-7-3-4-8-6;7*1-4(2)3;2*1-2-4-5-3-1;;;;/h3-7H,1-2H3;2-7H,1H3;1-6H;1-6,9H;2*1-6H;3-5H,1-2H3;7*4H,1-3H3;1-3H;1,4-5H,2H2;4*1H4. The Hall–Kier alpha value is -9.48. The lowest BCUT2D eigenvalue weighted by molar-refractivity contribution is 0.0608. The van der Waals surface area contributed by atoms with Gasteiger partial charge in [0.2, 0.25) is 0 Å². The molecule has 620 valence electrons. The second kappa shape index (κ2) is 67.2. The SMILES string of the molecule is C.C.C.C.C1=NNNC1.CC(C)C.CC(C)C.CC(C)C.CC(C)C.CC(C)C.CC(C)C.CC(C)C.CC(C)N1C(=O)c2ccccc2C1=O.CC(C)c1nccs1.Cn1ccc2ccccc21.O=c1ccoc2ccccc12.c1ccc2[nH]ccc2c1.c1ccc2occc2c1.c1ccc2sccc2c1.c1cnoc1. The van der Waals surface area contributed by atoms with Gasteiger partial charge >= 0.3 is 0 Å². The fourth-order valence-corrected chi connectivity index (χ4v) is 9.11. The lowest BCUT2D eigenvalue weighted by Crippen LogP contribution is -2.35. The summed E-state index contributed by atoms with van der Waals surface area (Å²) < 4.78 is 18.0. The third kappa shape index (κ3) is 55.0. The molecular formula is C96H148N8O6S2. The first-order valence-electron chi connectivity index (χ1n) is 37.7. The number of rotatable bonds is 2. The van der Waals surface area contributed by atoms with E-state index in [-0.39, 0.29) is 53.0 Å². The van der Waals surface area contributed by atoms with E-state index in [4.69, 9.17) is 8.83 Å². The number of aryl methyl sites for hydroxylation is 1. The average Bonchev–Trinajstić information content (AvgIpc) is 1.63. The number of aromatic amines is 1. The number of amides is 2. The number of hydrazone groups is 1. The van der Waals surface area contributed by atoms with Gasteiger partial charge in [-0.25, -0.2) is 15.9 Å². The van der Waals surface area contributed by atoms with Gasteiger partial charge in [-0.1, -0.05) is 291 Å². The minimum Gasteiger partial charge on any atom is -0.464 e. The molecule has 0 bridgehead atoms. The molecule has 112 heavy (non-hydrogen) atoms. The first-order chi connectivity index (χ1) is 51.2. The topological polar surface area (TPSA) is 177 Å². The van der Waals surface area contributed by atoms with E-state index in [0.29, 0.717) is 28.0 Å². The molecule has 2 amide bonds. The number of carbonyl (C=O) groups excluding carboxylic acids is 2. The molecule has 6 aromatic carbocycles. The number of carbonyl (C=O) groups is 2. The summed E-state index contributed by atoms with van der Waals surface area (Å²) in [5, 5.41) is 18.0. The van der Waals surface area contributed by atoms with Crippen LogP contribution >= 0.6 is 22.7 Å². The third-order valence-corrected chi connectivity index (χ3v) is 13.6. The van der Waals surface area contributed by atoms with E-state index in [1.54, 1.807) is 83.8 Å². The molecular weight excluding hydrogens is 1430 g/mol. The van der Waals surface area contributed by atoms with Gasteiger partial charge in [-0.2, -0.15) is 5.10 Å². The van der Waals surface area contributed by atoms with Crippen molar-refractivity contribution in [1.29, 1.82) is 0 Å². The van der Waals surface area contributed by atoms with Crippen molar-refractivity contribution in [2.45, 2.75) is 215 Å². The van der Waals surface area contributed by atoms with Crippen molar-refractivity contribution in [2.75, 3.05) is 6.54 Å². The molecule has 2 aliphatic heterocycles. The maximum absolute atomic E-state index is 11.8. The number of hydrazine groups is 1. The highest BCUT2D eigenvalue weighted by molar-refractivity contribution is 7.17. The number of benzene rings is 6.